The highest BCUT2D eigenvalue weighted by Crippen LogP contribution is 2.23. The van der Waals surface area contributed by atoms with Crippen LogP contribution in [0.1, 0.15) is 31.2 Å². The van der Waals surface area contributed by atoms with Gasteiger partial charge in [0.05, 0.1) is 6.07 Å². The first-order chi connectivity index (χ1) is 8.54. The number of H-pyrrole nitrogens is 1. The van der Waals surface area contributed by atoms with Crippen LogP contribution in [0.2, 0.25) is 0 Å². The van der Waals surface area contributed by atoms with Gasteiger partial charge in [-0.05, 0) is 30.5 Å². The maximum atomic E-state index is 11.3. The quantitative estimate of drug-likeness (QED) is 0.903. The third kappa shape index (κ3) is 2.97. The van der Waals surface area contributed by atoms with E-state index in [1.165, 1.54) is 11.6 Å². The van der Waals surface area contributed by atoms with Crippen molar-refractivity contribution in [2.75, 3.05) is 0 Å². The largest absolute Gasteiger partial charge is 0.439 e. The summed E-state index contributed by atoms with van der Waals surface area (Å²) < 4.78 is 5.60. The molecule has 0 radical (unpaired) electrons. The van der Waals surface area contributed by atoms with E-state index in [9.17, 15) is 4.79 Å². The van der Waals surface area contributed by atoms with E-state index in [0.717, 1.165) is 0 Å². The lowest BCUT2D eigenvalue weighted by atomic mass is 10.0. The fourth-order valence-corrected chi connectivity index (χ4v) is 1.66. The molecule has 0 amide bonds. The third-order valence-electron chi connectivity index (χ3n) is 2.58. The zero-order chi connectivity index (χ0) is 13.1. The van der Waals surface area contributed by atoms with Gasteiger partial charge < -0.3 is 9.72 Å². The Labute approximate surface area is 106 Å². The summed E-state index contributed by atoms with van der Waals surface area (Å²) in [5, 5.41) is 0. The van der Waals surface area contributed by atoms with Gasteiger partial charge >= 0.3 is 0 Å². The van der Waals surface area contributed by atoms with Gasteiger partial charge in [-0.15, -0.1) is 0 Å². The van der Waals surface area contributed by atoms with Crippen LogP contribution in [0, 0.1) is 6.92 Å². The van der Waals surface area contributed by atoms with E-state index in [1.807, 2.05) is 24.3 Å². The van der Waals surface area contributed by atoms with Gasteiger partial charge in [0.25, 0.3) is 5.56 Å². The minimum atomic E-state index is -0.211. The van der Waals surface area contributed by atoms with Gasteiger partial charge in [0.15, 0.2) is 0 Å². The second-order valence-corrected chi connectivity index (χ2v) is 4.50. The van der Waals surface area contributed by atoms with E-state index >= 15 is 0 Å². The molecule has 94 valence electrons. The van der Waals surface area contributed by atoms with Crippen LogP contribution in [-0.2, 0) is 0 Å². The Morgan fingerprint density at radius 1 is 1.28 bits per heavy atom. The first-order valence-electron chi connectivity index (χ1n) is 5.90. The molecular weight excluding hydrogens is 228 g/mol. The highest BCUT2D eigenvalue weighted by molar-refractivity contribution is 5.32. The number of aromatic nitrogens is 2. The van der Waals surface area contributed by atoms with Gasteiger partial charge in [-0.2, -0.15) is 0 Å². The molecule has 1 heterocycles. The fourth-order valence-electron chi connectivity index (χ4n) is 1.66. The van der Waals surface area contributed by atoms with Crippen molar-refractivity contribution in [3.8, 4) is 11.6 Å². The van der Waals surface area contributed by atoms with Crippen LogP contribution in [0.5, 0.6) is 11.6 Å². The molecule has 1 aromatic heterocycles. The van der Waals surface area contributed by atoms with Crippen LogP contribution in [0.15, 0.2) is 35.1 Å². The minimum Gasteiger partial charge on any atom is -0.439 e. The molecular formula is C14H16N2O2. The SMILES string of the molecule is Cc1nc(Oc2cccc(C(C)C)c2)cc(=O)[nH]1. The van der Waals surface area contributed by atoms with Crippen LogP contribution < -0.4 is 10.3 Å². The molecule has 1 N–H and O–H groups in total. The van der Waals surface area contributed by atoms with Crippen LogP contribution in [-0.4, -0.2) is 9.97 Å². The second-order valence-electron chi connectivity index (χ2n) is 4.50. The summed E-state index contributed by atoms with van der Waals surface area (Å²) in [5.74, 6) is 1.98. The van der Waals surface area contributed by atoms with E-state index in [1.54, 1.807) is 6.92 Å². The Kier molecular flexibility index (Phi) is 3.46. The highest BCUT2D eigenvalue weighted by atomic mass is 16.5. The maximum absolute atomic E-state index is 11.3. The number of aryl methyl sites for hydroxylation is 1. The lowest BCUT2D eigenvalue weighted by molar-refractivity contribution is 0.458. The average molecular weight is 244 g/mol. The number of aromatic amines is 1. The Hall–Kier alpha value is -2.10. The molecule has 4 nitrogen and oxygen atoms in total. The molecule has 2 aromatic rings. The molecule has 0 fully saturated rings. The summed E-state index contributed by atoms with van der Waals surface area (Å²) in [6.07, 6.45) is 0. The molecule has 0 atom stereocenters. The van der Waals surface area contributed by atoms with Crippen LogP contribution in [0.25, 0.3) is 0 Å². The predicted octanol–water partition coefficient (Wildman–Crippen LogP) is 2.99. The molecule has 0 aliphatic rings. The molecule has 0 bridgehead atoms. The molecule has 0 saturated heterocycles. The van der Waals surface area contributed by atoms with E-state index in [-0.39, 0.29) is 5.56 Å². The predicted molar refractivity (Wildman–Crippen MR) is 70.2 cm³/mol. The summed E-state index contributed by atoms with van der Waals surface area (Å²) in [4.78, 5) is 18.0. The van der Waals surface area contributed by atoms with E-state index in [0.29, 0.717) is 23.4 Å². The monoisotopic (exact) mass is 244 g/mol. The molecule has 18 heavy (non-hydrogen) atoms. The average Bonchev–Trinajstić information content (AvgIpc) is 2.27. The van der Waals surface area contributed by atoms with Gasteiger partial charge in [0.1, 0.15) is 11.6 Å². The second kappa shape index (κ2) is 5.04. The number of nitrogens with one attached hydrogen (secondary N) is 1. The standard InChI is InChI=1S/C14H16N2O2/c1-9(2)11-5-4-6-12(7-11)18-14-8-13(17)15-10(3)16-14/h4-9H,1-3H3,(H,15,16,17). The zero-order valence-electron chi connectivity index (χ0n) is 10.7. The van der Waals surface area contributed by atoms with Crippen molar-refractivity contribution < 1.29 is 4.74 Å². The van der Waals surface area contributed by atoms with Gasteiger partial charge in [0, 0.05) is 0 Å². The van der Waals surface area contributed by atoms with E-state index in [2.05, 4.69) is 23.8 Å². The molecule has 0 spiro atoms. The number of hydrogen-bond donors (Lipinski definition) is 1. The van der Waals surface area contributed by atoms with Crippen LogP contribution >= 0.6 is 0 Å². The van der Waals surface area contributed by atoms with E-state index < -0.39 is 0 Å². The number of ether oxygens (including phenoxy) is 1. The normalized spacial score (nSPS) is 10.7. The lowest BCUT2D eigenvalue weighted by Crippen LogP contribution is -2.08. The molecule has 1 aromatic carbocycles. The summed E-state index contributed by atoms with van der Waals surface area (Å²) in [6.45, 7) is 5.96. The summed E-state index contributed by atoms with van der Waals surface area (Å²) in [7, 11) is 0. The molecule has 0 aliphatic heterocycles. The van der Waals surface area contributed by atoms with Crippen molar-refractivity contribution in [3.05, 3.63) is 52.1 Å². The molecule has 4 heteroatoms. The third-order valence-corrected chi connectivity index (χ3v) is 2.58. The van der Waals surface area contributed by atoms with E-state index in [4.69, 9.17) is 4.74 Å². The van der Waals surface area contributed by atoms with Crippen LogP contribution in [0.3, 0.4) is 0 Å². The number of hydrogen-bond acceptors (Lipinski definition) is 3. The smallest absolute Gasteiger partial charge is 0.254 e. The lowest BCUT2D eigenvalue weighted by Gasteiger charge is -2.09. The summed E-state index contributed by atoms with van der Waals surface area (Å²) in [5.41, 5.74) is 0.978. The van der Waals surface area contributed by atoms with Gasteiger partial charge in [-0.25, -0.2) is 4.98 Å². The molecule has 0 unspecified atom stereocenters. The Morgan fingerprint density at radius 2 is 2.06 bits per heavy atom. The van der Waals surface area contributed by atoms with Gasteiger partial charge in [-0.1, -0.05) is 26.0 Å². The van der Waals surface area contributed by atoms with Crippen molar-refractivity contribution in [2.45, 2.75) is 26.7 Å². The van der Waals surface area contributed by atoms with Gasteiger partial charge in [0.2, 0.25) is 5.88 Å². The number of nitrogens with zero attached hydrogens (tertiary/aromatic N) is 1. The Morgan fingerprint density at radius 3 is 2.72 bits per heavy atom. The zero-order valence-corrected chi connectivity index (χ0v) is 10.7. The van der Waals surface area contributed by atoms with Crippen molar-refractivity contribution in [3.63, 3.8) is 0 Å². The molecule has 0 saturated carbocycles. The van der Waals surface area contributed by atoms with Crippen LogP contribution in [0.4, 0.5) is 0 Å². The Balaban J connectivity index is 2.28. The van der Waals surface area contributed by atoms with Crippen molar-refractivity contribution in [1.29, 1.82) is 0 Å². The minimum absolute atomic E-state index is 0.211. The Bertz CT molecular complexity index is 603. The first-order valence-corrected chi connectivity index (χ1v) is 5.90. The molecule has 2 rings (SSSR count). The number of rotatable bonds is 3. The van der Waals surface area contributed by atoms with Crippen molar-refractivity contribution in [2.24, 2.45) is 0 Å². The maximum Gasteiger partial charge on any atom is 0.254 e. The topological polar surface area (TPSA) is 55.0 Å². The first kappa shape index (κ1) is 12.4. The van der Waals surface area contributed by atoms with Crippen molar-refractivity contribution >= 4 is 0 Å². The van der Waals surface area contributed by atoms with Crippen molar-refractivity contribution in [1.82, 2.24) is 9.97 Å². The fraction of sp³-hybridized carbons (Fsp3) is 0.286. The number of benzene rings is 1. The van der Waals surface area contributed by atoms with Gasteiger partial charge in [-0.3, -0.25) is 4.79 Å². The highest BCUT2D eigenvalue weighted by Gasteiger charge is 2.04. The summed E-state index contributed by atoms with van der Waals surface area (Å²) >= 11 is 0. The summed E-state index contributed by atoms with van der Waals surface area (Å²) in [6, 6.07) is 9.14. The molecule has 0 aliphatic carbocycles.